The van der Waals surface area contributed by atoms with Crippen LogP contribution in [0.3, 0.4) is 0 Å². The Balaban J connectivity index is -0.0000000376. The van der Waals surface area contributed by atoms with Gasteiger partial charge in [0.2, 0.25) is 0 Å². The first-order chi connectivity index (χ1) is 9.66. The zero-order valence-corrected chi connectivity index (χ0v) is 17.3. The van der Waals surface area contributed by atoms with E-state index >= 15 is 0 Å². The molecule has 0 saturated heterocycles. The van der Waals surface area contributed by atoms with Crippen molar-refractivity contribution in [2.75, 3.05) is 56.4 Å². The largest absolute Gasteiger partial charge is 2.00 e. The molecule has 0 N–H and O–H groups in total. The van der Waals surface area contributed by atoms with Crippen molar-refractivity contribution < 1.29 is 34.7 Å². The average Bonchev–Trinajstić information content (AvgIpc) is 2.44. The van der Waals surface area contributed by atoms with Crippen LogP contribution >= 0.6 is 0 Å². The summed E-state index contributed by atoms with van der Waals surface area (Å²) in [7, 11) is 13.5. The molecule has 0 aromatic heterocycles. The molecule has 0 atom stereocenters. The van der Waals surface area contributed by atoms with E-state index in [0.717, 1.165) is 0 Å². The molecular weight excluding hydrogens is 360 g/mol. The molecular formula is C12H28Cr2N8. The topological polar surface area (TPSA) is 106 Å². The molecule has 0 fully saturated rings. The Morgan fingerprint density at radius 1 is 0.455 bits per heavy atom. The number of aliphatic imine (C=N–C) groups is 4. The zero-order chi connectivity index (χ0) is 16.5. The molecule has 0 saturated carbocycles. The average molecular weight is 388 g/mol. The van der Waals surface area contributed by atoms with Crippen LogP contribution < -0.4 is 0 Å². The maximum Gasteiger partial charge on any atom is 2.00 e. The van der Waals surface area contributed by atoms with E-state index in [-0.39, 0.29) is 34.7 Å². The van der Waals surface area contributed by atoms with Crippen LogP contribution in [-0.4, -0.2) is 81.7 Å². The molecule has 0 aliphatic heterocycles. The molecule has 0 bridgehead atoms. The quantitative estimate of drug-likeness (QED) is 0.522. The van der Waals surface area contributed by atoms with Crippen LogP contribution in [-0.2, 0) is 34.7 Å². The van der Waals surface area contributed by atoms with Gasteiger partial charge in [-0.2, -0.15) is 0 Å². The summed E-state index contributed by atoms with van der Waals surface area (Å²) in [6.45, 7) is 0. The Bertz CT molecular complexity index is 185. The van der Waals surface area contributed by atoms with Crippen molar-refractivity contribution in [3.63, 3.8) is 0 Å². The van der Waals surface area contributed by atoms with Crippen molar-refractivity contribution in [3.05, 3.63) is 21.3 Å². The van der Waals surface area contributed by atoms with E-state index in [4.69, 9.17) is 0 Å². The standard InChI is InChI=1S/4C3H7N2.2Cr/c4*1-4-3-5-2;;/h4*3H,1-2H3;;/q4*-1;2*+2. The third-order valence-electron chi connectivity index (χ3n) is 0.924. The first-order valence-corrected chi connectivity index (χ1v) is 5.64. The van der Waals surface area contributed by atoms with Gasteiger partial charge in [-0.05, 0) is 0 Å². The summed E-state index contributed by atoms with van der Waals surface area (Å²) in [5.41, 5.74) is 0. The summed E-state index contributed by atoms with van der Waals surface area (Å²) in [5.74, 6) is 0. The molecule has 0 aliphatic carbocycles. The van der Waals surface area contributed by atoms with Crippen molar-refractivity contribution in [2.24, 2.45) is 20.0 Å². The first-order valence-electron chi connectivity index (χ1n) is 5.64. The molecule has 8 nitrogen and oxygen atoms in total. The van der Waals surface area contributed by atoms with Crippen LogP contribution in [0.1, 0.15) is 0 Å². The third-order valence-corrected chi connectivity index (χ3v) is 0.924. The van der Waals surface area contributed by atoms with E-state index < -0.39 is 0 Å². The SMILES string of the molecule is CN=C[N-]C.CN=C[N-]C.CN=C[N-]C.CN=C[N-]C.[Cr+2].[Cr+2]. The summed E-state index contributed by atoms with van der Waals surface area (Å²) >= 11 is 0. The van der Waals surface area contributed by atoms with Gasteiger partial charge >= 0.3 is 34.7 Å². The third kappa shape index (κ3) is 126. The molecule has 0 amide bonds. The molecule has 0 aliphatic rings. The van der Waals surface area contributed by atoms with E-state index in [9.17, 15) is 0 Å². The fourth-order valence-electron chi connectivity index (χ4n) is 0.462. The van der Waals surface area contributed by atoms with Crippen LogP contribution in [0.2, 0.25) is 0 Å². The van der Waals surface area contributed by atoms with Crippen molar-refractivity contribution >= 4 is 25.4 Å². The Labute approximate surface area is 157 Å². The van der Waals surface area contributed by atoms with Gasteiger partial charge in [-0.3, -0.25) is 0 Å². The van der Waals surface area contributed by atoms with Crippen LogP contribution in [0.25, 0.3) is 21.3 Å². The molecule has 0 aromatic carbocycles. The summed E-state index contributed by atoms with van der Waals surface area (Å²) in [6.07, 6.45) is 6.00. The fourth-order valence-corrected chi connectivity index (χ4v) is 0.462. The van der Waals surface area contributed by atoms with E-state index in [2.05, 4.69) is 41.2 Å². The van der Waals surface area contributed by atoms with Gasteiger partial charge < -0.3 is 41.2 Å². The second-order valence-electron chi connectivity index (χ2n) is 2.53. The van der Waals surface area contributed by atoms with E-state index in [1.807, 2.05) is 0 Å². The smallest absolute Gasteiger partial charge is 0.475 e. The van der Waals surface area contributed by atoms with Crippen molar-refractivity contribution in [2.45, 2.75) is 0 Å². The maximum absolute atomic E-state index is 3.56. The molecule has 10 heteroatoms. The van der Waals surface area contributed by atoms with Gasteiger partial charge in [0.05, 0.1) is 0 Å². The molecule has 0 radical (unpaired) electrons. The fraction of sp³-hybridized carbons (Fsp3) is 0.667. The maximum atomic E-state index is 3.56. The monoisotopic (exact) mass is 388 g/mol. The summed E-state index contributed by atoms with van der Waals surface area (Å²) < 4.78 is 0. The van der Waals surface area contributed by atoms with Gasteiger partial charge in [-0.25, -0.2) is 0 Å². The van der Waals surface area contributed by atoms with Crippen molar-refractivity contribution in [3.8, 4) is 0 Å². The first kappa shape index (κ1) is 37.3. The van der Waals surface area contributed by atoms with Crippen molar-refractivity contribution in [1.29, 1.82) is 0 Å². The number of hydrogen-bond donors (Lipinski definition) is 0. The van der Waals surface area contributed by atoms with E-state index in [1.165, 1.54) is 25.4 Å². The van der Waals surface area contributed by atoms with E-state index in [0.29, 0.717) is 0 Å². The van der Waals surface area contributed by atoms with E-state index in [1.54, 1.807) is 56.4 Å². The minimum atomic E-state index is 0. The second-order valence-corrected chi connectivity index (χ2v) is 2.53. The molecule has 0 aromatic rings. The molecule has 0 heterocycles. The normalized spacial score (nSPS) is 8.36. The summed E-state index contributed by atoms with van der Waals surface area (Å²) in [5, 5.41) is 14.2. The second kappa shape index (κ2) is 59.8. The Morgan fingerprint density at radius 3 is 0.591 bits per heavy atom. The predicted octanol–water partition coefficient (Wildman–Crippen LogP) is 2.59. The molecule has 0 rings (SSSR count). The van der Waals surface area contributed by atoms with Crippen LogP contribution in [0.15, 0.2) is 20.0 Å². The van der Waals surface area contributed by atoms with Gasteiger partial charge in [0, 0.05) is 0 Å². The molecule has 0 unspecified atom stereocenters. The zero-order valence-electron chi connectivity index (χ0n) is 14.7. The summed E-state index contributed by atoms with van der Waals surface area (Å²) in [6, 6.07) is 0. The van der Waals surface area contributed by atoms with Gasteiger partial charge in [0.15, 0.2) is 0 Å². The summed E-state index contributed by atoms with van der Waals surface area (Å²) in [4.78, 5) is 14.2. The Kier molecular flexibility index (Phi) is 101. The predicted molar refractivity (Wildman–Crippen MR) is 94.8 cm³/mol. The number of rotatable bonds is 4. The number of hydrogen-bond acceptors (Lipinski definition) is 4. The van der Waals surface area contributed by atoms with Crippen LogP contribution in [0.4, 0.5) is 0 Å². The van der Waals surface area contributed by atoms with Gasteiger partial charge in [0.25, 0.3) is 0 Å². The van der Waals surface area contributed by atoms with Gasteiger partial charge in [-0.15, -0.1) is 25.4 Å². The molecule has 0 spiro atoms. The Morgan fingerprint density at radius 2 is 0.591 bits per heavy atom. The molecule has 128 valence electrons. The Hall–Kier alpha value is -1.06. The van der Waals surface area contributed by atoms with Crippen LogP contribution in [0, 0.1) is 0 Å². The van der Waals surface area contributed by atoms with Crippen LogP contribution in [0.5, 0.6) is 0 Å². The molecule has 22 heavy (non-hydrogen) atoms. The minimum absolute atomic E-state index is 0. The van der Waals surface area contributed by atoms with Crippen molar-refractivity contribution in [1.82, 2.24) is 0 Å². The number of nitrogens with zero attached hydrogens (tertiary/aromatic N) is 8. The van der Waals surface area contributed by atoms with Gasteiger partial charge in [-0.1, -0.05) is 56.4 Å². The van der Waals surface area contributed by atoms with Gasteiger partial charge in [0.1, 0.15) is 0 Å². The minimum Gasteiger partial charge on any atom is -0.475 e.